The van der Waals surface area contributed by atoms with E-state index in [0.717, 1.165) is 29.4 Å². The Kier molecular flexibility index (Phi) is 7.75. The van der Waals surface area contributed by atoms with Gasteiger partial charge in [0.1, 0.15) is 6.10 Å². The number of benzene rings is 2. The Morgan fingerprint density at radius 3 is 2.62 bits per heavy atom. The Bertz CT molecular complexity index is 1220. The lowest BCUT2D eigenvalue weighted by Crippen LogP contribution is -2.28. The van der Waals surface area contributed by atoms with Crippen molar-refractivity contribution in [3.05, 3.63) is 58.1 Å². The first kappa shape index (κ1) is 25.4. The Morgan fingerprint density at radius 1 is 1.29 bits per heavy atom. The molecule has 0 radical (unpaired) electrons. The smallest absolute Gasteiger partial charge is 0.414 e. The van der Waals surface area contributed by atoms with Crippen molar-refractivity contribution in [1.82, 2.24) is 0 Å². The van der Waals surface area contributed by atoms with E-state index in [-0.39, 0.29) is 23.1 Å². The molecule has 2 aliphatic heterocycles. The molecule has 1 N–H and O–H groups in total. The summed E-state index contributed by atoms with van der Waals surface area (Å²) in [5.41, 5.74) is 2.44. The van der Waals surface area contributed by atoms with E-state index in [1.54, 1.807) is 4.90 Å². The topological polar surface area (TPSA) is 147 Å². The third kappa shape index (κ3) is 5.64. The maximum absolute atomic E-state index is 11.9. The number of hydrogen-bond acceptors (Lipinski definition) is 8. The summed E-state index contributed by atoms with van der Waals surface area (Å²) in [6, 6.07) is 10.2. The number of anilines is 2. The average Bonchev–Trinajstić information content (AvgIpc) is 3.41. The molecule has 0 saturated carbocycles. The number of nitrogens with zero attached hydrogens (tertiary/aromatic N) is 3. The second-order valence-corrected chi connectivity index (χ2v) is 10.0. The zero-order valence-electron chi connectivity index (χ0n) is 18.1. The molecule has 4 rings (SSSR count). The maximum Gasteiger partial charge on any atom is 0.414 e. The fraction of sp³-hybridized carbons (Fsp3) is 0.333. The van der Waals surface area contributed by atoms with E-state index < -0.39 is 26.2 Å². The first-order valence-electron chi connectivity index (χ1n) is 10.3. The summed E-state index contributed by atoms with van der Waals surface area (Å²) in [7, 11) is 1.09. The Balaban J connectivity index is 0.000000215. The number of halogens is 1. The predicted molar refractivity (Wildman–Crippen MR) is 124 cm³/mol. The van der Waals surface area contributed by atoms with Gasteiger partial charge >= 0.3 is 6.09 Å². The van der Waals surface area contributed by atoms with E-state index in [0.29, 0.717) is 19.5 Å². The van der Waals surface area contributed by atoms with Gasteiger partial charge in [0.15, 0.2) is 0 Å². The van der Waals surface area contributed by atoms with Gasteiger partial charge in [-0.25, -0.2) is 13.2 Å². The molecule has 2 aromatic carbocycles. The van der Waals surface area contributed by atoms with E-state index in [1.807, 2.05) is 25.1 Å². The van der Waals surface area contributed by atoms with E-state index in [9.17, 15) is 28.1 Å². The van der Waals surface area contributed by atoms with Crippen LogP contribution in [0, 0.1) is 10.1 Å². The fourth-order valence-electron chi connectivity index (χ4n) is 3.58. The van der Waals surface area contributed by atoms with Crippen molar-refractivity contribution in [1.29, 1.82) is 0 Å². The number of aliphatic hydroxyl groups excluding tert-OH is 1. The molecule has 0 bridgehead atoms. The van der Waals surface area contributed by atoms with Crippen molar-refractivity contribution < 1.29 is 32.8 Å². The summed E-state index contributed by atoms with van der Waals surface area (Å²) in [5.74, 6) is 0.113. The Morgan fingerprint density at radius 2 is 2.03 bits per heavy atom. The summed E-state index contributed by atoms with van der Waals surface area (Å²) in [5, 5.41) is 19.3. The van der Waals surface area contributed by atoms with Gasteiger partial charge in [0.2, 0.25) is 5.91 Å². The predicted octanol–water partition coefficient (Wildman–Crippen LogP) is 2.83. The van der Waals surface area contributed by atoms with E-state index in [2.05, 4.69) is 0 Å². The van der Waals surface area contributed by atoms with Crippen LogP contribution in [-0.2, 0) is 25.0 Å². The molecule has 182 valence electrons. The van der Waals surface area contributed by atoms with Crippen molar-refractivity contribution in [2.75, 3.05) is 29.5 Å². The first-order chi connectivity index (χ1) is 16.0. The van der Waals surface area contributed by atoms with Crippen molar-refractivity contribution in [2.45, 2.75) is 30.8 Å². The monoisotopic (exact) mass is 511 g/mol. The summed E-state index contributed by atoms with van der Waals surface area (Å²) < 4.78 is 26.5. The minimum absolute atomic E-state index is 0.113. The number of amides is 2. The van der Waals surface area contributed by atoms with Crippen molar-refractivity contribution in [3.63, 3.8) is 0 Å². The molecule has 11 nitrogen and oxygen atoms in total. The van der Waals surface area contributed by atoms with E-state index in [1.165, 1.54) is 23.1 Å². The van der Waals surface area contributed by atoms with Crippen LogP contribution >= 0.6 is 10.7 Å². The number of rotatable bonds is 5. The third-order valence-corrected chi connectivity index (χ3v) is 6.61. The van der Waals surface area contributed by atoms with Gasteiger partial charge in [-0.05, 0) is 36.2 Å². The maximum atomic E-state index is 11.9. The molecule has 0 unspecified atom stereocenters. The number of fused-ring (bicyclic) bond motifs is 1. The highest BCUT2D eigenvalue weighted by molar-refractivity contribution is 8.13. The fourth-order valence-corrected chi connectivity index (χ4v) is 4.37. The molecule has 2 heterocycles. The minimum Gasteiger partial charge on any atom is -0.441 e. The number of carbonyl (C=O) groups is 2. The number of hydrogen-bond donors (Lipinski definition) is 1. The van der Waals surface area contributed by atoms with E-state index in [4.69, 9.17) is 20.5 Å². The first-order valence-corrected chi connectivity index (χ1v) is 12.6. The molecule has 34 heavy (non-hydrogen) atoms. The second-order valence-electron chi connectivity index (χ2n) is 7.45. The summed E-state index contributed by atoms with van der Waals surface area (Å²) in [4.78, 5) is 36.2. The molecule has 1 fully saturated rings. The summed E-state index contributed by atoms with van der Waals surface area (Å²) in [6.07, 6.45) is 0.372. The molecular weight excluding hydrogens is 490 g/mol. The molecule has 0 spiro atoms. The van der Waals surface area contributed by atoms with Gasteiger partial charge in [-0.15, -0.1) is 0 Å². The van der Waals surface area contributed by atoms with Crippen molar-refractivity contribution in [3.8, 4) is 0 Å². The lowest BCUT2D eigenvalue weighted by molar-refractivity contribution is -0.385. The number of non-ortho nitro benzene ring substituents is 1. The van der Waals surface area contributed by atoms with Crippen molar-refractivity contribution >= 4 is 48.8 Å². The number of nitro groups is 1. The third-order valence-electron chi connectivity index (χ3n) is 5.26. The number of carbonyl (C=O) groups excluding carboxylic acids is 2. The van der Waals surface area contributed by atoms with Crippen LogP contribution in [0.3, 0.4) is 0 Å². The van der Waals surface area contributed by atoms with Crippen LogP contribution in [0.4, 0.5) is 21.9 Å². The molecule has 1 atom stereocenters. The molecule has 2 amide bonds. The zero-order valence-corrected chi connectivity index (χ0v) is 19.7. The van der Waals surface area contributed by atoms with Crippen LogP contribution in [0.1, 0.15) is 18.9 Å². The number of ether oxygens (including phenoxy) is 1. The number of aliphatic hydroxyl groups is 1. The van der Waals surface area contributed by atoms with Crippen LogP contribution < -0.4 is 9.80 Å². The van der Waals surface area contributed by atoms with Crippen molar-refractivity contribution in [2.24, 2.45) is 0 Å². The minimum atomic E-state index is -3.89. The molecule has 0 aliphatic carbocycles. The Hall–Kier alpha value is -3.22. The highest BCUT2D eigenvalue weighted by Gasteiger charge is 2.33. The number of nitro benzene ring substituents is 1. The van der Waals surface area contributed by atoms with Gasteiger partial charge in [-0.3, -0.25) is 19.8 Å². The lowest BCUT2D eigenvalue weighted by Gasteiger charge is -2.18. The number of cyclic esters (lactones) is 1. The molecule has 13 heteroatoms. The summed E-state index contributed by atoms with van der Waals surface area (Å²) >= 11 is 0. The quantitative estimate of drug-likeness (QED) is 0.366. The Labute approximate surface area is 200 Å². The lowest BCUT2D eigenvalue weighted by atomic mass is 10.1. The standard InChI is InChI=1S/C15H18N2O4.C6H4ClNO4S/c1-2-14(19)16-6-5-10-7-11(3-4-13(10)16)17-8-12(9-18)21-15(17)20;7-13(11,12)6-3-1-2-5(4-6)8(9)10/h3-4,7,12,18H,2,5-6,8-9H2,1H3;1-4H/t12-;/m1./s1. The van der Waals surface area contributed by atoms with Gasteiger partial charge in [-0.1, -0.05) is 13.0 Å². The SMILES string of the molecule is CCC(=O)N1CCc2cc(N3C[C@H](CO)OC3=O)ccc21.O=[N+]([O-])c1cccc(S(=O)(=O)Cl)c1. The van der Waals surface area contributed by atoms with Gasteiger partial charge < -0.3 is 14.7 Å². The highest BCUT2D eigenvalue weighted by atomic mass is 35.7. The summed E-state index contributed by atoms with van der Waals surface area (Å²) in [6.45, 7) is 2.72. The average molecular weight is 512 g/mol. The van der Waals surface area contributed by atoms with Crippen LogP contribution in [0.2, 0.25) is 0 Å². The van der Waals surface area contributed by atoms with Crippen LogP contribution in [-0.4, -0.2) is 56.2 Å². The second kappa shape index (κ2) is 10.4. The van der Waals surface area contributed by atoms with Crippen LogP contribution in [0.25, 0.3) is 0 Å². The highest BCUT2D eigenvalue weighted by Crippen LogP contribution is 2.33. The van der Waals surface area contributed by atoms with E-state index >= 15 is 0 Å². The van der Waals surface area contributed by atoms with Gasteiger partial charge in [0.05, 0.1) is 23.0 Å². The van der Waals surface area contributed by atoms with Crippen LogP contribution in [0.5, 0.6) is 0 Å². The van der Waals surface area contributed by atoms with Gasteiger partial charge in [0, 0.05) is 47.2 Å². The molecule has 0 aromatic heterocycles. The molecule has 1 saturated heterocycles. The molecular formula is C21H22ClN3O8S. The zero-order chi connectivity index (χ0) is 25.0. The van der Waals surface area contributed by atoms with Crippen LogP contribution in [0.15, 0.2) is 47.4 Å². The largest absolute Gasteiger partial charge is 0.441 e. The normalized spacial score (nSPS) is 17.0. The van der Waals surface area contributed by atoms with Gasteiger partial charge in [-0.2, -0.15) is 0 Å². The molecule has 2 aromatic rings. The molecule has 2 aliphatic rings. The van der Waals surface area contributed by atoms with Gasteiger partial charge in [0.25, 0.3) is 14.7 Å².